The predicted octanol–water partition coefficient (Wildman–Crippen LogP) is 1.61. The Balaban J connectivity index is 3.20. The number of halogens is 2. The van der Waals surface area contributed by atoms with Crippen LogP contribution in [-0.4, -0.2) is 11.6 Å². The molecule has 4 nitrogen and oxygen atoms in total. The van der Waals surface area contributed by atoms with Crippen molar-refractivity contribution in [2.45, 2.75) is 6.82 Å². The van der Waals surface area contributed by atoms with Gasteiger partial charge in [0.05, 0.1) is 10.5 Å². The summed E-state index contributed by atoms with van der Waals surface area (Å²) >= 11 is 0. The summed E-state index contributed by atoms with van der Waals surface area (Å²) in [5, 5.41) is 18.7. The maximum Gasteiger partial charge on any atom is 0.297 e. The maximum atomic E-state index is 13.4. The van der Waals surface area contributed by atoms with Crippen LogP contribution < -0.4 is 5.46 Å². The van der Waals surface area contributed by atoms with Gasteiger partial charge in [-0.1, -0.05) is 12.3 Å². The van der Waals surface area contributed by atoms with Gasteiger partial charge in [0, 0.05) is 12.0 Å². The Kier molecular flexibility index (Phi) is 3.93. The first-order chi connectivity index (χ1) is 7.95. The van der Waals surface area contributed by atoms with Crippen molar-refractivity contribution in [1.82, 2.24) is 0 Å². The van der Waals surface area contributed by atoms with Gasteiger partial charge in [0.2, 0.25) is 6.20 Å². The van der Waals surface area contributed by atoms with Crippen LogP contribution in [0.3, 0.4) is 0 Å². The van der Waals surface area contributed by atoms with Crippen molar-refractivity contribution >= 4 is 18.3 Å². The van der Waals surface area contributed by atoms with Gasteiger partial charge in [0.25, 0.3) is 6.71 Å². The van der Waals surface area contributed by atoms with Crippen molar-refractivity contribution in [3.8, 4) is 5.97 Å². The van der Waals surface area contributed by atoms with E-state index in [0.29, 0.717) is 6.20 Å². The van der Waals surface area contributed by atoms with Crippen molar-refractivity contribution in [3.05, 3.63) is 45.6 Å². The molecule has 0 radical (unpaired) electrons. The molecule has 0 aliphatic rings. The Morgan fingerprint density at radius 2 is 2.00 bits per heavy atom. The number of hydrogen-bond donors (Lipinski definition) is 0. The van der Waals surface area contributed by atoms with Gasteiger partial charge in [0.1, 0.15) is 11.6 Å². The van der Waals surface area contributed by atoms with E-state index in [0.717, 1.165) is 18.2 Å². The van der Waals surface area contributed by atoms with Crippen LogP contribution in [0.2, 0.25) is 6.82 Å². The lowest BCUT2D eigenvalue weighted by Gasteiger charge is -2.04. The number of nitrogens with zero attached hydrogens (tertiary/aromatic N) is 2. The molecule has 1 aromatic carbocycles. The highest BCUT2D eigenvalue weighted by molar-refractivity contribution is 6.78. The Morgan fingerprint density at radius 1 is 1.47 bits per heavy atom. The predicted molar refractivity (Wildman–Crippen MR) is 59.3 cm³/mol. The van der Waals surface area contributed by atoms with Crippen molar-refractivity contribution < 1.29 is 13.7 Å². The average molecular weight is 236 g/mol. The smallest absolute Gasteiger partial charge is 0.259 e. The fourth-order valence-electron chi connectivity index (χ4n) is 1.22. The van der Waals surface area contributed by atoms with Gasteiger partial charge in [-0.25, -0.2) is 14.0 Å². The molecular formula is C10H7BF2N2O2. The molecule has 17 heavy (non-hydrogen) atoms. The molecular weight excluding hydrogens is 229 g/mol. The van der Waals surface area contributed by atoms with Crippen molar-refractivity contribution in [1.29, 1.82) is 5.26 Å². The van der Waals surface area contributed by atoms with Crippen LogP contribution in [0.4, 0.5) is 8.78 Å². The minimum absolute atomic E-state index is 0.195. The van der Waals surface area contributed by atoms with Crippen LogP contribution in [0.25, 0.3) is 6.08 Å². The Hall–Kier alpha value is -2.23. The second-order valence-corrected chi connectivity index (χ2v) is 3.35. The Labute approximate surface area is 96.4 Å². The molecule has 0 heterocycles. The fourth-order valence-corrected chi connectivity index (χ4v) is 1.22. The van der Waals surface area contributed by atoms with Gasteiger partial charge in [-0.3, -0.25) is 10.1 Å². The van der Waals surface area contributed by atoms with E-state index in [2.05, 4.69) is 0 Å². The SMILES string of the molecule is CB(C#N)c1cc(F)c(/C=C/[N+](=O)[O-])c(F)c1. The highest BCUT2D eigenvalue weighted by Crippen LogP contribution is 2.13. The first-order valence-corrected chi connectivity index (χ1v) is 4.66. The normalized spacial score (nSPS) is 10.2. The van der Waals surface area contributed by atoms with Crippen LogP contribution in [0, 0.1) is 33.0 Å². The third kappa shape index (κ3) is 3.11. The second-order valence-electron chi connectivity index (χ2n) is 3.35. The highest BCUT2D eigenvalue weighted by atomic mass is 19.1. The van der Waals surface area contributed by atoms with E-state index in [1.165, 1.54) is 6.82 Å². The largest absolute Gasteiger partial charge is 0.297 e. The molecule has 0 fully saturated rings. The Bertz CT molecular complexity index is 503. The molecule has 0 amide bonds. The molecule has 0 unspecified atom stereocenters. The number of hydrogen-bond acceptors (Lipinski definition) is 3. The van der Waals surface area contributed by atoms with Crippen molar-refractivity contribution in [2.75, 3.05) is 0 Å². The highest BCUT2D eigenvalue weighted by Gasteiger charge is 2.15. The molecule has 0 spiro atoms. The van der Waals surface area contributed by atoms with Gasteiger partial charge in [-0.15, -0.1) is 0 Å². The minimum Gasteiger partial charge on any atom is -0.259 e. The summed E-state index contributed by atoms with van der Waals surface area (Å²) < 4.78 is 26.9. The summed E-state index contributed by atoms with van der Waals surface area (Å²) in [5.74, 6) is -0.0150. The molecule has 0 atom stereocenters. The number of rotatable bonds is 3. The minimum atomic E-state index is -0.930. The lowest BCUT2D eigenvalue weighted by molar-refractivity contribution is -0.401. The molecule has 1 rings (SSSR count). The van der Waals surface area contributed by atoms with E-state index in [1.807, 2.05) is 5.97 Å². The summed E-state index contributed by atoms with van der Waals surface area (Å²) in [7, 11) is 0. The molecule has 0 aliphatic heterocycles. The molecule has 86 valence electrons. The molecule has 0 N–H and O–H groups in total. The number of benzene rings is 1. The van der Waals surface area contributed by atoms with Gasteiger partial charge in [-0.05, 0) is 12.1 Å². The number of nitriles is 1. The monoisotopic (exact) mass is 236 g/mol. The van der Waals surface area contributed by atoms with Crippen LogP contribution in [-0.2, 0) is 0 Å². The van der Waals surface area contributed by atoms with Crippen molar-refractivity contribution in [3.63, 3.8) is 0 Å². The van der Waals surface area contributed by atoms with E-state index >= 15 is 0 Å². The van der Waals surface area contributed by atoms with Crippen LogP contribution in [0.1, 0.15) is 5.56 Å². The molecule has 0 aliphatic carbocycles. The fraction of sp³-hybridized carbons (Fsp3) is 0.100. The van der Waals surface area contributed by atoms with E-state index in [-0.39, 0.29) is 5.46 Å². The summed E-state index contributed by atoms with van der Waals surface area (Å²) in [4.78, 5) is 9.23. The molecule has 0 bridgehead atoms. The van der Waals surface area contributed by atoms with Gasteiger partial charge in [0.15, 0.2) is 0 Å². The first kappa shape index (κ1) is 12.8. The van der Waals surface area contributed by atoms with Crippen LogP contribution >= 0.6 is 0 Å². The standard InChI is InChI=1S/C10H7BF2N2O2/c1-11(6-14)7-4-9(12)8(10(13)5-7)2-3-15(16)17/h2-5H,1H3/b3-2+. The first-order valence-electron chi connectivity index (χ1n) is 4.66. The maximum absolute atomic E-state index is 13.4. The van der Waals surface area contributed by atoms with E-state index in [4.69, 9.17) is 5.26 Å². The summed E-state index contributed by atoms with van der Waals surface area (Å²) in [5.41, 5.74) is -0.295. The lowest BCUT2D eigenvalue weighted by Crippen LogP contribution is -2.26. The van der Waals surface area contributed by atoms with Crippen molar-refractivity contribution in [2.24, 2.45) is 0 Å². The van der Waals surface area contributed by atoms with Crippen LogP contribution in [0.15, 0.2) is 18.3 Å². The third-order valence-electron chi connectivity index (χ3n) is 2.16. The number of nitro groups is 1. The second kappa shape index (κ2) is 5.21. The van der Waals surface area contributed by atoms with E-state index in [1.54, 1.807) is 0 Å². The molecule has 1 aromatic rings. The van der Waals surface area contributed by atoms with Crippen LogP contribution in [0.5, 0.6) is 0 Å². The molecule has 7 heteroatoms. The van der Waals surface area contributed by atoms with E-state index in [9.17, 15) is 18.9 Å². The lowest BCUT2D eigenvalue weighted by atomic mass is 9.49. The topological polar surface area (TPSA) is 66.9 Å². The zero-order valence-electron chi connectivity index (χ0n) is 8.85. The van der Waals surface area contributed by atoms with E-state index < -0.39 is 28.8 Å². The van der Waals surface area contributed by atoms with Gasteiger partial charge < -0.3 is 0 Å². The summed E-state index contributed by atoms with van der Waals surface area (Å²) in [6.07, 6.45) is 1.19. The summed E-state index contributed by atoms with van der Waals surface area (Å²) in [6.45, 7) is 0.855. The van der Waals surface area contributed by atoms with Gasteiger partial charge >= 0.3 is 0 Å². The van der Waals surface area contributed by atoms with Gasteiger partial charge in [-0.2, -0.15) is 0 Å². The average Bonchev–Trinajstić information content (AvgIpc) is 2.26. The quantitative estimate of drug-likeness (QED) is 0.454. The third-order valence-corrected chi connectivity index (χ3v) is 2.16. The Morgan fingerprint density at radius 3 is 2.41 bits per heavy atom. The zero-order valence-corrected chi connectivity index (χ0v) is 8.85. The zero-order chi connectivity index (χ0) is 13.0. The summed E-state index contributed by atoms with van der Waals surface area (Å²) in [6, 6.07) is 1.99. The molecule has 0 saturated heterocycles. The molecule has 0 saturated carbocycles. The molecule has 0 aromatic heterocycles.